The fraction of sp³-hybridized carbons (Fsp3) is 0.476. The van der Waals surface area contributed by atoms with E-state index in [4.69, 9.17) is 0 Å². The number of hydrogen-bond acceptors (Lipinski definition) is 3. The summed E-state index contributed by atoms with van der Waals surface area (Å²) in [5.41, 5.74) is 5.40. The monoisotopic (exact) mass is 367 g/mol. The van der Waals surface area contributed by atoms with Crippen molar-refractivity contribution in [1.29, 1.82) is 0 Å². The first-order valence-electron chi connectivity index (χ1n) is 9.67. The van der Waals surface area contributed by atoms with Crippen molar-refractivity contribution in [3.05, 3.63) is 47.0 Å². The van der Waals surface area contributed by atoms with Crippen LogP contribution >= 0.6 is 0 Å². The van der Waals surface area contributed by atoms with Crippen molar-refractivity contribution in [3.8, 4) is 0 Å². The molecule has 0 fully saturated rings. The quantitative estimate of drug-likeness (QED) is 0.641. The smallest absolute Gasteiger partial charge is 0.220 e. The molecule has 2 N–H and O–H groups in total. The lowest BCUT2D eigenvalue weighted by Gasteiger charge is -2.08. The van der Waals surface area contributed by atoms with Gasteiger partial charge < -0.3 is 10.3 Å². The highest BCUT2D eigenvalue weighted by atomic mass is 16.1. The SMILES string of the molecule is Cc1nn(CC(C)C)c(C)c1CCC(=O)NCCc1nc2ccccc2[nH]1. The lowest BCUT2D eigenvalue weighted by atomic mass is 10.1. The first-order valence-corrected chi connectivity index (χ1v) is 9.67. The van der Waals surface area contributed by atoms with Crippen LogP contribution in [0.1, 0.15) is 43.0 Å². The van der Waals surface area contributed by atoms with Gasteiger partial charge in [-0.05, 0) is 43.9 Å². The molecule has 3 rings (SSSR count). The summed E-state index contributed by atoms with van der Waals surface area (Å²) in [6.07, 6.45) is 1.91. The van der Waals surface area contributed by atoms with Gasteiger partial charge in [-0.1, -0.05) is 26.0 Å². The molecule has 0 atom stereocenters. The van der Waals surface area contributed by atoms with Crippen molar-refractivity contribution in [1.82, 2.24) is 25.1 Å². The average molecular weight is 367 g/mol. The number of para-hydroxylation sites is 2. The normalized spacial score (nSPS) is 11.4. The van der Waals surface area contributed by atoms with E-state index in [1.54, 1.807) is 0 Å². The Balaban J connectivity index is 1.48. The summed E-state index contributed by atoms with van der Waals surface area (Å²) in [5.74, 6) is 1.53. The molecule has 2 heterocycles. The van der Waals surface area contributed by atoms with E-state index in [1.807, 2.05) is 31.2 Å². The van der Waals surface area contributed by atoms with Crippen LogP contribution in [0.5, 0.6) is 0 Å². The molecule has 0 saturated heterocycles. The minimum atomic E-state index is 0.0709. The number of amides is 1. The molecule has 1 amide bonds. The molecule has 1 aromatic carbocycles. The maximum Gasteiger partial charge on any atom is 0.220 e. The summed E-state index contributed by atoms with van der Waals surface area (Å²) in [7, 11) is 0. The number of H-pyrrole nitrogens is 1. The molecule has 27 heavy (non-hydrogen) atoms. The van der Waals surface area contributed by atoms with Gasteiger partial charge in [0, 0.05) is 31.6 Å². The third-order valence-corrected chi connectivity index (χ3v) is 4.79. The molecule has 144 valence electrons. The lowest BCUT2D eigenvalue weighted by molar-refractivity contribution is -0.121. The maximum atomic E-state index is 12.2. The van der Waals surface area contributed by atoms with Crippen LogP contribution in [-0.4, -0.2) is 32.2 Å². The number of imidazole rings is 1. The van der Waals surface area contributed by atoms with Crippen LogP contribution < -0.4 is 5.32 Å². The topological polar surface area (TPSA) is 75.6 Å². The second kappa shape index (κ2) is 8.37. The van der Waals surface area contributed by atoms with E-state index in [-0.39, 0.29) is 5.91 Å². The minimum absolute atomic E-state index is 0.0709. The van der Waals surface area contributed by atoms with Gasteiger partial charge in [-0.2, -0.15) is 5.10 Å². The van der Waals surface area contributed by atoms with Crippen LogP contribution in [0.15, 0.2) is 24.3 Å². The number of benzene rings is 1. The van der Waals surface area contributed by atoms with Crippen molar-refractivity contribution in [3.63, 3.8) is 0 Å². The van der Waals surface area contributed by atoms with Gasteiger partial charge in [-0.25, -0.2) is 4.98 Å². The van der Waals surface area contributed by atoms with Crippen molar-refractivity contribution in [2.45, 2.75) is 53.5 Å². The lowest BCUT2D eigenvalue weighted by Crippen LogP contribution is -2.26. The molecule has 0 spiro atoms. The molecule has 6 heteroatoms. The molecule has 0 saturated carbocycles. The highest BCUT2D eigenvalue weighted by Crippen LogP contribution is 2.16. The van der Waals surface area contributed by atoms with E-state index in [2.05, 4.69) is 45.8 Å². The van der Waals surface area contributed by atoms with E-state index < -0.39 is 0 Å². The molecule has 0 aliphatic carbocycles. The second-order valence-electron chi connectivity index (χ2n) is 7.53. The van der Waals surface area contributed by atoms with Crippen LogP contribution in [0, 0.1) is 19.8 Å². The molecule has 0 bridgehead atoms. The summed E-state index contributed by atoms with van der Waals surface area (Å²) >= 11 is 0. The molecule has 0 aliphatic heterocycles. The van der Waals surface area contributed by atoms with Crippen LogP contribution in [-0.2, 0) is 24.2 Å². The Labute approximate surface area is 160 Å². The molecule has 0 unspecified atom stereocenters. The summed E-state index contributed by atoms with van der Waals surface area (Å²) < 4.78 is 2.06. The Hall–Kier alpha value is -2.63. The number of rotatable bonds is 8. The molecule has 2 aromatic heterocycles. The first-order chi connectivity index (χ1) is 12.9. The van der Waals surface area contributed by atoms with Crippen molar-refractivity contribution in [2.24, 2.45) is 5.92 Å². The number of aromatic amines is 1. The molecule has 6 nitrogen and oxygen atoms in total. The van der Waals surface area contributed by atoms with Gasteiger partial charge in [0.1, 0.15) is 5.82 Å². The van der Waals surface area contributed by atoms with Gasteiger partial charge in [-0.3, -0.25) is 9.48 Å². The molecular weight excluding hydrogens is 338 g/mol. The van der Waals surface area contributed by atoms with E-state index in [1.165, 1.54) is 11.3 Å². The molecule has 0 aliphatic rings. The minimum Gasteiger partial charge on any atom is -0.356 e. The Bertz CT molecular complexity index is 889. The molecule has 3 aromatic rings. The van der Waals surface area contributed by atoms with Crippen molar-refractivity contribution < 1.29 is 4.79 Å². The number of nitrogens with zero attached hydrogens (tertiary/aromatic N) is 3. The van der Waals surface area contributed by atoms with Gasteiger partial charge in [0.2, 0.25) is 5.91 Å². The predicted octanol–water partition coefficient (Wildman–Crippen LogP) is 3.32. The van der Waals surface area contributed by atoms with Gasteiger partial charge in [0.05, 0.1) is 16.7 Å². The molecule has 0 radical (unpaired) electrons. The maximum absolute atomic E-state index is 12.2. The van der Waals surface area contributed by atoms with Crippen LogP contribution in [0.3, 0.4) is 0 Å². The predicted molar refractivity (Wildman–Crippen MR) is 108 cm³/mol. The highest BCUT2D eigenvalue weighted by Gasteiger charge is 2.13. The summed E-state index contributed by atoms with van der Waals surface area (Å²) in [4.78, 5) is 20.0. The molecular formula is C21H29N5O. The highest BCUT2D eigenvalue weighted by molar-refractivity contribution is 5.76. The zero-order valence-electron chi connectivity index (χ0n) is 16.7. The summed E-state index contributed by atoms with van der Waals surface area (Å²) in [6, 6.07) is 7.95. The van der Waals surface area contributed by atoms with Crippen molar-refractivity contribution in [2.75, 3.05) is 6.54 Å². The largest absolute Gasteiger partial charge is 0.356 e. The Morgan fingerprint density at radius 3 is 2.74 bits per heavy atom. The number of nitrogens with one attached hydrogen (secondary N) is 2. The van der Waals surface area contributed by atoms with Crippen LogP contribution in [0.25, 0.3) is 11.0 Å². The van der Waals surface area contributed by atoms with E-state index in [9.17, 15) is 4.79 Å². The number of fused-ring (bicyclic) bond motifs is 1. The zero-order valence-corrected chi connectivity index (χ0v) is 16.7. The standard InChI is InChI=1S/C21H29N5O/c1-14(2)13-26-16(4)17(15(3)25-26)9-10-21(27)22-12-11-20-23-18-7-5-6-8-19(18)24-20/h5-8,14H,9-13H2,1-4H3,(H,22,27)(H,23,24). The Kier molecular flexibility index (Phi) is 5.94. The number of carbonyl (C=O) groups is 1. The summed E-state index contributed by atoms with van der Waals surface area (Å²) in [6.45, 7) is 9.99. The van der Waals surface area contributed by atoms with Gasteiger partial charge in [0.15, 0.2) is 0 Å². The fourth-order valence-corrected chi connectivity index (χ4v) is 3.39. The van der Waals surface area contributed by atoms with Gasteiger partial charge >= 0.3 is 0 Å². The average Bonchev–Trinajstić information content (AvgIpc) is 3.13. The van der Waals surface area contributed by atoms with Gasteiger partial charge in [-0.15, -0.1) is 0 Å². The first kappa shape index (κ1) is 19.1. The number of aromatic nitrogens is 4. The number of aryl methyl sites for hydroxylation is 1. The van der Waals surface area contributed by atoms with E-state index >= 15 is 0 Å². The Morgan fingerprint density at radius 2 is 2.00 bits per heavy atom. The third-order valence-electron chi connectivity index (χ3n) is 4.79. The van der Waals surface area contributed by atoms with Crippen LogP contribution in [0.4, 0.5) is 0 Å². The number of hydrogen-bond donors (Lipinski definition) is 2. The third kappa shape index (κ3) is 4.76. The fourth-order valence-electron chi connectivity index (χ4n) is 3.39. The van der Waals surface area contributed by atoms with Crippen molar-refractivity contribution >= 4 is 16.9 Å². The number of carbonyl (C=O) groups excluding carboxylic acids is 1. The van der Waals surface area contributed by atoms with E-state index in [0.717, 1.165) is 35.5 Å². The van der Waals surface area contributed by atoms with Gasteiger partial charge in [0.25, 0.3) is 0 Å². The van der Waals surface area contributed by atoms with E-state index in [0.29, 0.717) is 25.3 Å². The zero-order chi connectivity index (χ0) is 19.4. The van der Waals surface area contributed by atoms with Crippen LogP contribution in [0.2, 0.25) is 0 Å². The Morgan fingerprint density at radius 1 is 1.22 bits per heavy atom. The second-order valence-corrected chi connectivity index (χ2v) is 7.53. The summed E-state index contributed by atoms with van der Waals surface area (Å²) in [5, 5.41) is 7.62.